The molecule has 1 aromatic rings. The first-order chi connectivity index (χ1) is 7.13. The minimum absolute atomic E-state index is 0.00396. The summed E-state index contributed by atoms with van der Waals surface area (Å²) < 4.78 is 5.65. The standard InChI is InChI=1S/C12H19NO2/c1-9(2)15-12-6-4-3-5-10(12)7-11(13)8-14/h3-6,9,11,14H,7-8,13H2,1-2H3. The van der Waals surface area contributed by atoms with E-state index in [9.17, 15) is 0 Å². The van der Waals surface area contributed by atoms with E-state index in [-0.39, 0.29) is 18.8 Å². The van der Waals surface area contributed by atoms with Gasteiger partial charge in [-0.1, -0.05) is 18.2 Å². The number of nitrogens with two attached hydrogens (primary N) is 1. The molecule has 0 fully saturated rings. The van der Waals surface area contributed by atoms with Crippen LogP contribution in [0.15, 0.2) is 24.3 Å². The first-order valence-electron chi connectivity index (χ1n) is 5.24. The van der Waals surface area contributed by atoms with Crippen molar-refractivity contribution in [1.29, 1.82) is 0 Å². The highest BCUT2D eigenvalue weighted by molar-refractivity contribution is 5.34. The molecule has 0 saturated heterocycles. The lowest BCUT2D eigenvalue weighted by molar-refractivity contribution is 0.236. The van der Waals surface area contributed by atoms with Gasteiger partial charge < -0.3 is 15.6 Å². The Labute approximate surface area is 90.9 Å². The van der Waals surface area contributed by atoms with Gasteiger partial charge >= 0.3 is 0 Å². The van der Waals surface area contributed by atoms with E-state index in [0.717, 1.165) is 11.3 Å². The number of hydrogen-bond acceptors (Lipinski definition) is 3. The topological polar surface area (TPSA) is 55.5 Å². The van der Waals surface area contributed by atoms with Gasteiger partial charge in [-0.15, -0.1) is 0 Å². The van der Waals surface area contributed by atoms with Crippen LogP contribution in [-0.4, -0.2) is 23.9 Å². The van der Waals surface area contributed by atoms with Crippen LogP contribution in [0.25, 0.3) is 0 Å². The number of hydrogen-bond donors (Lipinski definition) is 2. The molecule has 1 aromatic carbocycles. The van der Waals surface area contributed by atoms with Crippen molar-refractivity contribution in [3.05, 3.63) is 29.8 Å². The van der Waals surface area contributed by atoms with Gasteiger partial charge in [0, 0.05) is 6.04 Å². The maximum atomic E-state index is 8.90. The zero-order valence-corrected chi connectivity index (χ0v) is 9.31. The fourth-order valence-electron chi connectivity index (χ4n) is 1.39. The van der Waals surface area contributed by atoms with Gasteiger partial charge in [-0.05, 0) is 31.9 Å². The van der Waals surface area contributed by atoms with Crippen LogP contribution in [0.2, 0.25) is 0 Å². The molecule has 0 spiro atoms. The van der Waals surface area contributed by atoms with Crippen LogP contribution in [0.3, 0.4) is 0 Å². The van der Waals surface area contributed by atoms with Crippen molar-refractivity contribution < 1.29 is 9.84 Å². The fraction of sp³-hybridized carbons (Fsp3) is 0.500. The lowest BCUT2D eigenvalue weighted by atomic mass is 10.1. The predicted octanol–water partition coefficient (Wildman–Crippen LogP) is 1.34. The smallest absolute Gasteiger partial charge is 0.122 e. The second-order valence-corrected chi connectivity index (χ2v) is 3.92. The number of ether oxygens (including phenoxy) is 1. The summed E-state index contributed by atoms with van der Waals surface area (Å²) in [4.78, 5) is 0. The van der Waals surface area contributed by atoms with E-state index in [0.29, 0.717) is 6.42 Å². The van der Waals surface area contributed by atoms with Gasteiger partial charge in [-0.3, -0.25) is 0 Å². The number of benzene rings is 1. The van der Waals surface area contributed by atoms with E-state index in [4.69, 9.17) is 15.6 Å². The lowest BCUT2D eigenvalue weighted by Crippen LogP contribution is -2.27. The molecule has 1 unspecified atom stereocenters. The maximum Gasteiger partial charge on any atom is 0.122 e. The van der Waals surface area contributed by atoms with E-state index in [1.54, 1.807) is 0 Å². The molecule has 0 aliphatic rings. The number of aliphatic hydroxyl groups excluding tert-OH is 1. The molecule has 0 radical (unpaired) electrons. The molecule has 3 N–H and O–H groups in total. The van der Waals surface area contributed by atoms with Crippen LogP contribution in [0.1, 0.15) is 19.4 Å². The Bertz CT molecular complexity index is 299. The summed E-state index contributed by atoms with van der Waals surface area (Å²) >= 11 is 0. The molecule has 3 heteroatoms. The Hall–Kier alpha value is -1.06. The Morgan fingerprint density at radius 3 is 2.60 bits per heavy atom. The fourth-order valence-corrected chi connectivity index (χ4v) is 1.39. The molecule has 0 amide bonds. The minimum atomic E-state index is -0.220. The van der Waals surface area contributed by atoms with E-state index in [1.165, 1.54) is 0 Å². The minimum Gasteiger partial charge on any atom is -0.491 e. The second-order valence-electron chi connectivity index (χ2n) is 3.92. The Morgan fingerprint density at radius 1 is 1.33 bits per heavy atom. The first-order valence-corrected chi connectivity index (χ1v) is 5.24. The zero-order valence-electron chi connectivity index (χ0n) is 9.31. The summed E-state index contributed by atoms with van der Waals surface area (Å²) in [7, 11) is 0. The van der Waals surface area contributed by atoms with Crippen molar-refractivity contribution in [2.24, 2.45) is 5.73 Å². The SMILES string of the molecule is CC(C)Oc1ccccc1CC(N)CO. The third-order valence-corrected chi connectivity index (χ3v) is 2.05. The summed E-state index contributed by atoms with van der Waals surface area (Å²) in [5, 5.41) is 8.90. The van der Waals surface area contributed by atoms with Gasteiger partial charge in [0.25, 0.3) is 0 Å². The Kier molecular flexibility index (Phi) is 4.59. The molecule has 0 saturated carbocycles. The van der Waals surface area contributed by atoms with Gasteiger partial charge in [-0.25, -0.2) is 0 Å². The first kappa shape index (κ1) is 12.0. The molecule has 0 aromatic heterocycles. The molecule has 1 rings (SSSR count). The van der Waals surface area contributed by atoms with Gasteiger partial charge in [0.1, 0.15) is 5.75 Å². The van der Waals surface area contributed by atoms with E-state index < -0.39 is 0 Å². The molecule has 84 valence electrons. The van der Waals surface area contributed by atoms with Crippen LogP contribution >= 0.6 is 0 Å². The zero-order chi connectivity index (χ0) is 11.3. The average Bonchev–Trinajstić information content (AvgIpc) is 2.20. The summed E-state index contributed by atoms with van der Waals surface area (Å²) in [5.74, 6) is 0.858. The normalized spacial score (nSPS) is 12.9. The van der Waals surface area contributed by atoms with Crippen LogP contribution in [-0.2, 0) is 6.42 Å². The molecule has 0 bridgehead atoms. The van der Waals surface area contributed by atoms with E-state index in [2.05, 4.69) is 0 Å². The van der Waals surface area contributed by atoms with Gasteiger partial charge in [0.2, 0.25) is 0 Å². The van der Waals surface area contributed by atoms with Crippen LogP contribution in [0.5, 0.6) is 5.75 Å². The van der Waals surface area contributed by atoms with Gasteiger partial charge in [-0.2, -0.15) is 0 Å². The number of para-hydroxylation sites is 1. The van der Waals surface area contributed by atoms with Crippen molar-refractivity contribution in [2.45, 2.75) is 32.4 Å². The average molecular weight is 209 g/mol. The largest absolute Gasteiger partial charge is 0.491 e. The Morgan fingerprint density at radius 2 is 2.00 bits per heavy atom. The molecule has 1 atom stereocenters. The van der Waals surface area contributed by atoms with E-state index in [1.807, 2.05) is 38.1 Å². The summed E-state index contributed by atoms with van der Waals surface area (Å²) in [6, 6.07) is 7.58. The quantitative estimate of drug-likeness (QED) is 0.769. The Balaban J connectivity index is 2.76. The summed E-state index contributed by atoms with van der Waals surface area (Å²) in [6.07, 6.45) is 0.788. The van der Waals surface area contributed by atoms with Crippen LogP contribution in [0.4, 0.5) is 0 Å². The van der Waals surface area contributed by atoms with Crippen molar-refractivity contribution in [3.63, 3.8) is 0 Å². The predicted molar refractivity (Wildman–Crippen MR) is 61.0 cm³/mol. The molecular weight excluding hydrogens is 190 g/mol. The molecule has 0 aliphatic carbocycles. The van der Waals surface area contributed by atoms with Gasteiger partial charge in [0.05, 0.1) is 12.7 Å². The van der Waals surface area contributed by atoms with Crippen molar-refractivity contribution in [2.75, 3.05) is 6.61 Å². The molecule has 3 nitrogen and oxygen atoms in total. The van der Waals surface area contributed by atoms with Crippen molar-refractivity contribution in [3.8, 4) is 5.75 Å². The third-order valence-electron chi connectivity index (χ3n) is 2.05. The van der Waals surface area contributed by atoms with Crippen molar-refractivity contribution in [1.82, 2.24) is 0 Å². The maximum absolute atomic E-state index is 8.90. The van der Waals surface area contributed by atoms with E-state index >= 15 is 0 Å². The van der Waals surface area contributed by atoms with Gasteiger partial charge in [0.15, 0.2) is 0 Å². The number of rotatable bonds is 5. The van der Waals surface area contributed by atoms with Crippen molar-refractivity contribution >= 4 is 0 Å². The third kappa shape index (κ3) is 3.90. The molecule has 0 heterocycles. The highest BCUT2D eigenvalue weighted by Gasteiger charge is 2.08. The lowest BCUT2D eigenvalue weighted by Gasteiger charge is -2.15. The molecule has 0 aliphatic heterocycles. The van der Waals surface area contributed by atoms with Crippen LogP contribution < -0.4 is 10.5 Å². The number of aliphatic hydroxyl groups is 1. The highest BCUT2D eigenvalue weighted by Crippen LogP contribution is 2.20. The molecule has 15 heavy (non-hydrogen) atoms. The van der Waals surface area contributed by atoms with Crippen LogP contribution in [0, 0.1) is 0 Å². The summed E-state index contributed by atoms with van der Waals surface area (Å²) in [5.41, 5.74) is 6.75. The monoisotopic (exact) mass is 209 g/mol. The highest BCUT2D eigenvalue weighted by atomic mass is 16.5. The second kappa shape index (κ2) is 5.73. The molecular formula is C12H19NO2. The summed E-state index contributed by atoms with van der Waals surface area (Å²) in [6.45, 7) is 3.97.